The van der Waals surface area contributed by atoms with Crippen molar-refractivity contribution in [3.63, 3.8) is 0 Å². The lowest BCUT2D eigenvalue weighted by molar-refractivity contribution is -0.137. The van der Waals surface area contributed by atoms with Crippen molar-refractivity contribution in [1.82, 2.24) is 5.32 Å². The van der Waals surface area contributed by atoms with Gasteiger partial charge in [0.25, 0.3) is 0 Å². The predicted octanol–water partition coefficient (Wildman–Crippen LogP) is 1.38. The predicted molar refractivity (Wildman–Crippen MR) is 56.2 cm³/mol. The van der Waals surface area contributed by atoms with Gasteiger partial charge in [0.1, 0.15) is 0 Å². The highest BCUT2D eigenvalue weighted by Gasteiger charge is 2.39. The van der Waals surface area contributed by atoms with E-state index in [1.165, 1.54) is 0 Å². The van der Waals surface area contributed by atoms with E-state index in [9.17, 15) is 9.59 Å². The Labute approximate surface area is 88.5 Å². The normalized spacial score (nSPS) is 26.2. The number of rotatable bonds is 1. The van der Waals surface area contributed by atoms with Crippen LogP contribution in [0, 0.1) is 0 Å². The van der Waals surface area contributed by atoms with Crippen molar-refractivity contribution in [2.24, 2.45) is 0 Å². The fourth-order valence-electron chi connectivity index (χ4n) is 1.89. The van der Waals surface area contributed by atoms with Gasteiger partial charge in [0, 0.05) is 6.42 Å². The summed E-state index contributed by atoms with van der Waals surface area (Å²) in [6.07, 6.45) is 0.999. The van der Waals surface area contributed by atoms with Crippen molar-refractivity contribution in [3.05, 3.63) is 35.9 Å². The minimum atomic E-state index is -0.560. The number of amides is 2. The van der Waals surface area contributed by atoms with Gasteiger partial charge in [0.15, 0.2) is 0 Å². The molecule has 1 atom stereocenters. The van der Waals surface area contributed by atoms with Crippen molar-refractivity contribution < 1.29 is 9.59 Å². The van der Waals surface area contributed by atoms with Crippen LogP contribution in [0.1, 0.15) is 25.3 Å². The summed E-state index contributed by atoms with van der Waals surface area (Å²) in [5.74, 6) is -0.363. The Morgan fingerprint density at radius 2 is 1.87 bits per heavy atom. The van der Waals surface area contributed by atoms with Crippen molar-refractivity contribution >= 4 is 11.8 Å². The monoisotopic (exact) mass is 203 g/mol. The van der Waals surface area contributed by atoms with Gasteiger partial charge in [-0.3, -0.25) is 14.9 Å². The number of hydrogen-bond donors (Lipinski definition) is 1. The van der Waals surface area contributed by atoms with E-state index >= 15 is 0 Å². The molecule has 78 valence electrons. The average molecular weight is 203 g/mol. The average Bonchev–Trinajstić information content (AvgIpc) is 2.25. The summed E-state index contributed by atoms with van der Waals surface area (Å²) in [6, 6.07) is 9.58. The summed E-state index contributed by atoms with van der Waals surface area (Å²) in [7, 11) is 0. The number of imide groups is 1. The molecule has 0 bridgehead atoms. The molecule has 0 radical (unpaired) electrons. The lowest BCUT2D eigenvalue weighted by atomic mass is 9.76. The first-order chi connectivity index (χ1) is 7.13. The Kier molecular flexibility index (Phi) is 2.31. The van der Waals surface area contributed by atoms with E-state index < -0.39 is 5.41 Å². The van der Waals surface area contributed by atoms with E-state index in [2.05, 4.69) is 5.32 Å². The zero-order valence-corrected chi connectivity index (χ0v) is 8.62. The third kappa shape index (κ3) is 1.65. The molecule has 1 fully saturated rings. The molecule has 0 saturated carbocycles. The lowest BCUT2D eigenvalue weighted by Gasteiger charge is -2.31. The van der Waals surface area contributed by atoms with E-state index in [-0.39, 0.29) is 11.8 Å². The van der Waals surface area contributed by atoms with E-state index in [1.54, 1.807) is 0 Å². The molecule has 1 saturated heterocycles. The Bertz CT molecular complexity index is 399. The Balaban J connectivity index is 2.35. The van der Waals surface area contributed by atoms with Crippen molar-refractivity contribution in [2.45, 2.75) is 25.2 Å². The highest BCUT2D eigenvalue weighted by atomic mass is 16.2. The van der Waals surface area contributed by atoms with Crippen LogP contribution in [0.5, 0.6) is 0 Å². The molecule has 0 aliphatic carbocycles. The summed E-state index contributed by atoms with van der Waals surface area (Å²) >= 11 is 0. The molecule has 1 aromatic rings. The zero-order chi connectivity index (χ0) is 10.9. The molecule has 1 heterocycles. The molecule has 1 aliphatic heterocycles. The van der Waals surface area contributed by atoms with Crippen molar-refractivity contribution in [2.75, 3.05) is 0 Å². The van der Waals surface area contributed by atoms with E-state index in [0.29, 0.717) is 12.8 Å². The standard InChI is InChI=1S/C12H13NO2/c1-12(9-5-3-2-4-6-9)8-7-10(14)13-11(12)15/h2-6H,7-8H2,1H3,(H,13,14,15). The number of carbonyl (C=O) groups is 2. The molecule has 3 nitrogen and oxygen atoms in total. The molecule has 0 spiro atoms. The van der Waals surface area contributed by atoms with Crippen LogP contribution >= 0.6 is 0 Å². The van der Waals surface area contributed by atoms with Crippen LogP contribution in [0.3, 0.4) is 0 Å². The number of piperidine rings is 1. The first kappa shape index (κ1) is 9.90. The van der Waals surface area contributed by atoms with Gasteiger partial charge >= 0.3 is 0 Å². The Morgan fingerprint density at radius 1 is 1.20 bits per heavy atom. The molecule has 0 aromatic heterocycles. The third-order valence-electron chi connectivity index (χ3n) is 3.02. The fraction of sp³-hybridized carbons (Fsp3) is 0.333. The van der Waals surface area contributed by atoms with E-state index in [1.807, 2.05) is 37.3 Å². The SMILES string of the molecule is CC1(c2ccccc2)CCC(=O)NC1=O. The summed E-state index contributed by atoms with van der Waals surface area (Å²) in [5.41, 5.74) is 0.407. The van der Waals surface area contributed by atoms with Crippen LogP contribution in [-0.4, -0.2) is 11.8 Å². The first-order valence-corrected chi connectivity index (χ1v) is 5.03. The molecule has 3 heteroatoms. The third-order valence-corrected chi connectivity index (χ3v) is 3.02. The smallest absolute Gasteiger partial charge is 0.236 e. The Hall–Kier alpha value is -1.64. The molecule has 2 amide bonds. The second-order valence-electron chi connectivity index (χ2n) is 4.08. The van der Waals surface area contributed by atoms with Gasteiger partial charge in [-0.1, -0.05) is 30.3 Å². The molecule has 2 rings (SSSR count). The van der Waals surface area contributed by atoms with Gasteiger partial charge in [-0.25, -0.2) is 0 Å². The van der Waals surface area contributed by atoms with Gasteiger partial charge in [0.05, 0.1) is 5.41 Å². The van der Waals surface area contributed by atoms with Crippen LogP contribution < -0.4 is 5.32 Å². The Morgan fingerprint density at radius 3 is 2.47 bits per heavy atom. The number of hydrogen-bond acceptors (Lipinski definition) is 2. The lowest BCUT2D eigenvalue weighted by Crippen LogP contribution is -2.49. The van der Waals surface area contributed by atoms with Crippen molar-refractivity contribution in [1.29, 1.82) is 0 Å². The summed E-state index contributed by atoms with van der Waals surface area (Å²) in [4.78, 5) is 22.9. The molecule has 1 N–H and O–H groups in total. The maximum absolute atomic E-state index is 11.8. The van der Waals surface area contributed by atoms with Gasteiger partial charge in [0.2, 0.25) is 11.8 Å². The van der Waals surface area contributed by atoms with Crippen LogP contribution in [0.25, 0.3) is 0 Å². The first-order valence-electron chi connectivity index (χ1n) is 5.03. The highest BCUT2D eigenvalue weighted by Crippen LogP contribution is 2.31. The second kappa shape index (κ2) is 3.50. The molecule has 1 unspecified atom stereocenters. The summed E-state index contributed by atoms with van der Waals surface area (Å²) in [5, 5.41) is 2.39. The minimum Gasteiger partial charge on any atom is -0.296 e. The molecule has 15 heavy (non-hydrogen) atoms. The van der Waals surface area contributed by atoms with Crippen LogP contribution in [-0.2, 0) is 15.0 Å². The van der Waals surface area contributed by atoms with Crippen LogP contribution in [0.15, 0.2) is 30.3 Å². The number of benzene rings is 1. The molecule has 1 aliphatic rings. The maximum Gasteiger partial charge on any atom is 0.236 e. The van der Waals surface area contributed by atoms with Crippen LogP contribution in [0.4, 0.5) is 0 Å². The van der Waals surface area contributed by atoms with Gasteiger partial charge < -0.3 is 0 Å². The van der Waals surface area contributed by atoms with Gasteiger partial charge in [-0.2, -0.15) is 0 Å². The molecule has 1 aromatic carbocycles. The number of carbonyl (C=O) groups excluding carboxylic acids is 2. The topological polar surface area (TPSA) is 46.2 Å². The second-order valence-corrected chi connectivity index (χ2v) is 4.08. The largest absolute Gasteiger partial charge is 0.296 e. The van der Waals surface area contributed by atoms with E-state index in [0.717, 1.165) is 5.56 Å². The summed E-state index contributed by atoms with van der Waals surface area (Å²) in [6.45, 7) is 1.88. The maximum atomic E-state index is 11.8. The molecular weight excluding hydrogens is 190 g/mol. The fourth-order valence-corrected chi connectivity index (χ4v) is 1.89. The quantitative estimate of drug-likeness (QED) is 0.701. The minimum absolute atomic E-state index is 0.173. The highest BCUT2D eigenvalue weighted by molar-refractivity contribution is 6.03. The number of nitrogens with one attached hydrogen (secondary N) is 1. The van der Waals surface area contributed by atoms with Crippen molar-refractivity contribution in [3.8, 4) is 0 Å². The molecular formula is C12H13NO2. The van der Waals surface area contributed by atoms with Crippen LogP contribution in [0.2, 0.25) is 0 Å². The van der Waals surface area contributed by atoms with Gasteiger partial charge in [-0.05, 0) is 18.9 Å². The van der Waals surface area contributed by atoms with Gasteiger partial charge in [-0.15, -0.1) is 0 Å². The van der Waals surface area contributed by atoms with E-state index in [4.69, 9.17) is 0 Å². The zero-order valence-electron chi connectivity index (χ0n) is 8.62. The summed E-state index contributed by atoms with van der Waals surface area (Å²) < 4.78 is 0.